The topological polar surface area (TPSA) is 62.8 Å². The van der Waals surface area contributed by atoms with Gasteiger partial charge in [0.1, 0.15) is 5.69 Å². The molecule has 0 fully saturated rings. The van der Waals surface area contributed by atoms with E-state index in [4.69, 9.17) is 10.7 Å². The van der Waals surface area contributed by atoms with Crippen LogP contribution in [0.25, 0.3) is 10.6 Å². The summed E-state index contributed by atoms with van der Waals surface area (Å²) in [6.07, 6.45) is 0. The molecule has 7 heteroatoms. The smallest absolute Gasteiger partial charge is 0.262 e. The van der Waals surface area contributed by atoms with Gasteiger partial charge in [-0.1, -0.05) is 0 Å². The molecule has 0 saturated carbocycles. The third-order valence-corrected chi connectivity index (χ3v) is 5.26. The van der Waals surface area contributed by atoms with Gasteiger partial charge in [0, 0.05) is 21.3 Å². The Morgan fingerprint density at radius 3 is 2.41 bits per heavy atom. The Morgan fingerprint density at radius 1 is 1.35 bits per heavy atom. The van der Waals surface area contributed by atoms with E-state index in [1.807, 2.05) is 13.8 Å². The number of thiophene rings is 1. The molecule has 0 spiro atoms. The molecule has 0 atom stereocenters. The molecular weight excluding hydrogens is 280 g/mol. The summed E-state index contributed by atoms with van der Waals surface area (Å²) < 4.78 is 22.7. The molecule has 0 aliphatic rings. The third-order valence-electron chi connectivity index (χ3n) is 2.62. The molecule has 0 amide bonds. The lowest BCUT2D eigenvalue weighted by Crippen LogP contribution is -1.88. The zero-order valence-electron chi connectivity index (χ0n) is 9.54. The quantitative estimate of drug-likeness (QED) is 0.865. The summed E-state index contributed by atoms with van der Waals surface area (Å²) in [5.74, 6) is 0. The largest absolute Gasteiger partial charge is 0.282 e. The highest BCUT2D eigenvalue weighted by molar-refractivity contribution is 8.13. The molecule has 17 heavy (non-hydrogen) atoms. The van der Waals surface area contributed by atoms with Crippen molar-refractivity contribution in [1.82, 2.24) is 10.2 Å². The fourth-order valence-corrected chi connectivity index (χ4v) is 4.26. The predicted molar refractivity (Wildman–Crippen MR) is 69.2 cm³/mol. The van der Waals surface area contributed by atoms with Gasteiger partial charge in [0.25, 0.3) is 9.05 Å². The SMILES string of the molecule is Cc1[nH]nc(-c2cc(S(=O)(=O)Cl)c(C)s2)c1C. The van der Waals surface area contributed by atoms with Crippen molar-refractivity contribution < 1.29 is 8.42 Å². The van der Waals surface area contributed by atoms with Crippen LogP contribution in [0.4, 0.5) is 0 Å². The van der Waals surface area contributed by atoms with Gasteiger partial charge in [0.05, 0.1) is 9.77 Å². The molecule has 0 unspecified atom stereocenters. The van der Waals surface area contributed by atoms with E-state index in [-0.39, 0.29) is 4.90 Å². The lowest BCUT2D eigenvalue weighted by atomic mass is 10.2. The number of aromatic amines is 1. The summed E-state index contributed by atoms with van der Waals surface area (Å²) in [6, 6.07) is 1.57. The van der Waals surface area contributed by atoms with Crippen LogP contribution in [-0.2, 0) is 9.05 Å². The molecule has 2 rings (SSSR count). The number of H-pyrrole nitrogens is 1. The highest BCUT2D eigenvalue weighted by Gasteiger charge is 2.20. The van der Waals surface area contributed by atoms with E-state index in [0.29, 0.717) is 4.88 Å². The number of halogens is 1. The second-order valence-corrected chi connectivity index (χ2v) is 7.58. The predicted octanol–water partition coefficient (Wildman–Crippen LogP) is 2.99. The van der Waals surface area contributed by atoms with Crippen molar-refractivity contribution in [3.05, 3.63) is 22.2 Å². The van der Waals surface area contributed by atoms with E-state index in [1.54, 1.807) is 13.0 Å². The minimum atomic E-state index is -3.68. The molecule has 0 bridgehead atoms. The van der Waals surface area contributed by atoms with Gasteiger partial charge in [-0.15, -0.1) is 11.3 Å². The van der Waals surface area contributed by atoms with Gasteiger partial charge in [-0.3, -0.25) is 5.10 Å². The fraction of sp³-hybridized carbons (Fsp3) is 0.300. The van der Waals surface area contributed by atoms with Crippen molar-refractivity contribution in [2.75, 3.05) is 0 Å². The highest BCUT2D eigenvalue weighted by Crippen LogP contribution is 2.35. The first-order chi connectivity index (χ1) is 7.80. The van der Waals surface area contributed by atoms with Gasteiger partial charge >= 0.3 is 0 Å². The van der Waals surface area contributed by atoms with E-state index < -0.39 is 9.05 Å². The van der Waals surface area contributed by atoms with Crippen LogP contribution in [0.5, 0.6) is 0 Å². The molecule has 0 radical (unpaired) electrons. The first kappa shape index (κ1) is 12.6. The van der Waals surface area contributed by atoms with E-state index in [1.165, 1.54) is 11.3 Å². The van der Waals surface area contributed by atoms with Crippen molar-refractivity contribution >= 4 is 31.1 Å². The third kappa shape index (κ3) is 2.25. The summed E-state index contributed by atoms with van der Waals surface area (Å²) in [7, 11) is 1.68. The van der Waals surface area contributed by atoms with Crippen LogP contribution in [0.3, 0.4) is 0 Å². The molecule has 2 heterocycles. The summed E-state index contributed by atoms with van der Waals surface area (Å²) >= 11 is 1.38. The molecule has 0 saturated heterocycles. The molecular formula is C10H11ClN2O2S2. The molecule has 0 aliphatic heterocycles. The maximum Gasteiger partial charge on any atom is 0.262 e. The number of nitrogens with zero attached hydrogens (tertiary/aromatic N) is 1. The van der Waals surface area contributed by atoms with Crippen LogP contribution in [0.2, 0.25) is 0 Å². The van der Waals surface area contributed by atoms with E-state index in [9.17, 15) is 8.42 Å². The van der Waals surface area contributed by atoms with Crippen molar-refractivity contribution in [2.24, 2.45) is 0 Å². The monoisotopic (exact) mass is 290 g/mol. The van der Waals surface area contributed by atoms with Gasteiger partial charge in [0.2, 0.25) is 0 Å². The van der Waals surface area contributed by atoms with Crippen LogP contribution in [0.15, 0.2) is 11.0 Å². The number of hydrogen-bond donors (Lipinski definition) is 1. The van der Waals surface area contributed by atoms with Crippen LogP contribution < -0.4 is 0 Å². The summed E-state index contributed by atoms with van der Waals surface area (Å²) in [5, 5.41) is 7.05. The van der Waals surface area contributed by atoms with E-state index >= 15 is 0 Å². The summed E-state index contributed by atoms with van der Waals surface area (Å²) in [4.78, 5) is 1.65. The van der Waals surface area contributed by atoms with E-state index in [2.05, 4.69) is 10.2 Å². The number of aryl methyl sites for hydroxylation is 2. The minimum absolute atomic E-state index is 0.166. The van der Waals surface area contributed by atoms with Crippen molar-refractivity contribution in [1.29, 1.82) is 0 Å². The van der Waals surface area contributed by atoms with E-state index in [0.717, 1.165) is 21.8 Å². The Balaban J connectivity index is 2.60. The minimum Gasteiger partial charge on any atom is -0.282 e. The number of hydrogen-bond acceptors (Lipinski definition) is 4. The molecule has 2 aromatic heterocycles. The first-order valence-electron chi connectivity index (χ1n) is 4.87. The van der Waals surface area contributed by atoms with Gasteiger partial charge in [-0.2, -0.15) is 5.10 Å². The van der Waals surface area contributed by atoms with Gasteiger partial charge in [-0.05, 0) is 32.4 Å². The zero-order chi connectivity index (χ0) is 12.8. The second-order valence-electron chi connectivity index (χ2n) is 3.79. The van der Waals surface area contributed by atoms with Crippen LogP contribution in [0.1, 0.15) is 16.1 Å². The summed E-state index contributed by atoms with van der Waals surface area (Å²) in [6.45, 7) is 5.60. The number of nitrogens with one attached hydrogen (secondary N) is 1. The maximum absolute atomic E-state index is 11.3. The van der Waals surface area contributed by atoms with Crippen molar-refractivity contribution in [2.45, 2.75) is 25.7 Å². The standard InChI is InChI=1S/C10H11ClN2O2S2/c1-5-6(2)12-13-10(5)8-4-9(7(3)16-8)17(11,14)15/h4H,1-3H3,(H,12,13). The maximum atomic E-state index is 11.3. The van der Waals surface area contributed by atoms with Crippen LogP contribution in [0, 0.1) is 20.8 Å². The van der Waals surface area contributed by atoms with Gasteiger partial charge in [-0.25, -0.2) is 8.42 Å². The lowest BCUT2D eigenvalue weighted by Gasteiger charge is -1.92. The highest BCUT2D eigenvalue weighted by atomic mass is 35.7. The number of aromatic nitrogens is 2. The number of rotatable bonds is 2. The molecule has 2 aromatic rings. The van der Waals surface area contributed by atoms with Gasteiger partial charge in [0.15, 0.2) is 0 Å². The Morgan fingerprint density at radius 2 is 2.00 bits per heavy atom. The Bertz CT molecular complexity index is 671. The Labute approximate surface area is 108 Å². The second kappa shape index (κ2) is 4.12. The molecule has 92 valence electrons. The van der Waals surface area contributed by atoms with Gasteiger partial charge < -0.3 is 0 Å². The lowest BCUT2D eigenvalue weighted by molar-refractivity contribution is 0.609. The van der Waals surface area contributed by atoms with Crippen LogP contribution >= 0.6 is 22.0 Å². The average molecular weight is 291 g/mol. The fourth-order valence-electron chi connectivity index (χ4n) is 1.55. The van der Waals surface area contributed by atoms with Crippen molar-refractivity contribution in [3.63, 3.8) is 0 Å². The first-order valence-corrected chi connectivity index (χ1v) is 8.00. The molecule has 0 aromatic carbocycles. The molecule has 1 N–H and O–H groups in total. The van der Waals surface area contributed by atoms with Crippen LogP contribution in [-0.4, -0.2) is 18.6 Å². The molecule has 4 nitrogen and oxygen atoms in total. The molecule has 0 aliphatic carbocycles. The van der Waals surface area contributed by atoms with Crippen molar-refractivity contribution in [3.8, 4) is 10.6 Å². The zero-order valence-corrected chi connectivity index (χ0v) is 11.9. The Hall–Kier alpha value is -0.850. The normalized spacial score (nSPS) is 12.0. The Kier molecular flexibility index (Phi) is 3.05. The summed E-state index contributed by atoms with van der Waals surface area (Å²) in [5.41, 5.74) is 2.77. The average Bonchev–Trinajstić information content (AvgIpc) is 2.72.